The van der Waals surface area contributed by atoms with Crippen molar-refractivity contribution < 1.29 is 27.5 Å². The van der Waals surface area contributed by atoms with Crippen molar-refractivity contribution in [2.75, 3.05) is 34.4 Å². The van der Waals surface area contributed by atoms with Gasteiger partial charge in [-0.05, 0) is 44.5 Å². The number of ketones is 1. The first kappa shape index (κ1) is 25.1. The molecule has 0 aliphatic heterocycles. The summed E-state index contributed by atoms with van der Waals surface area (Å²) in [5, 5.41) is -0.0118. The summed E-state index contributed by atoms with van der Waals surface area (Å²) in [7, 11) is 0.521. The molecule has 1 aromatic carbocycles. The molecule has 170 valence electrons. The van der Waals surface area contributed by atoms with Crippen molar-refractivity contribution in [2.45, 2.75) is 31.7 Å². The second kappa shape index (κ2) is 10.4. The molecule has 0 radical (unpaired) electrons. The Bertz CT molecular complexity index is 1080. The molecule has 0 saturated heterocycles. The van der Waals surface area contributed by atoms with Crippen LogP contribution < -0.4 is 0 Å². The van der Waals surface area contributed by atoms with Crippen LogP contribution in [0.3, 0.4) is 0 Å². The second-order valence-corrected chi connectivity index (χ2v) is 9.74. The largest absolute Gasteiger partial charge is 0.454 e. The van der Waals surface area contributed by atoms with Gasteiger partial charge in [0.25, 0.3) is 0 Å². The topological polar surface area (TPSA) is 94.9 Å². The molecule has 2 rings (SSSR count). The predicted molar refractivity (Wildman–Crippen MR) is 117 cm³/mol. The third-order valence-corrected chi connectivity index (χ3v) is 7.16. The van der Waals surface area contributed by atoms with E-state index in [-0.39, 0.29) is 21.3 Å². The quantitative estimate of drug-likeness (QED) is 0.301. The summed E-state index contributed by atoms with van der Waals surface area (Å²) < 4.78 is 38.0. The maximum Gasteiger partial charge on any atom is 0.338 e. The molecule has 31 heavy (non-hydrogen) atoms. The molecule has 0 aliphatic rings. The molecule has 10 heteroatoms. The molecule has 0 unspecified atom stereocenters. The molecular formula is C21H27ClN2O6S. The number of halogens is 1. The van der Waals surface area contributed by atoms with Gasteiger partial charge >= 0.3 is 5.97 Å². The van der Waals surface area contributed by atoms with Crippen LogP contribution in [0.4, 0.5) is 0 Å². The SMILES string of the molecule is COCCCn1c(C)cc(C(=O)COC(=O)c2ccc(Cl)c(S(=O)(=O)N(C)C)c2)c1C. The first-order valence-electron chi connectivity index (χ1n) is 9.58. The Balaban J connectivity index is 2.13. The number of esters is 1. The van der Waals surface area contributed by atoms with Gasteiger partial charge in [0, 0.05) is 51.3 Å². The molecule has 0 bridgehead atoms. The number of hydrogen-bond acceptors (Lipinski definition) is 6. The first-order valence-corrected chi connectivity index (χ1v) is 11.4. The normalized spacial score (nSPS) is 11.7. The summed E-state index contributed by atoms with van der Waals surface area (Å²) in [6.07, 6.45) is 0.810. The zero-order valence-electron chi connectivity index (χ0n) is 18.3. The van der Waals surface area contributed by atoms with E-state index in [1.165, 1.54) is 26.2 Å². The van der Waals surface area contributed by atoms with Gasteiger partial charge in [-0.15, -0.1) is 0 Å². The molecule has 0 amide bonds. The molecule has 0 aliphatic carbocycles. The summed E-state index contributed by atoms with van der Waals surface area (Å²) in [5.74, 6) is -1.15. The smallest absolute Gasteiger partial charge is 0.338 e. The highest BCUT2D eigenvalue weighted by atomic mass is 35.5. The van der Waals surface area contributed by atoms with Gasteiger partial charge in [0.05, 0.1) is 10.6 Å². The first-order chi connectivity index (χ1) is 14.5. The van der Waals surface area contributed by atoms with Gasteiger partial charge in [0.1, 0.15) is 4.90 Å². The Hall–Kier alpha value is -2.20. The molecule has 0 spiro atoms. The number of aryl methyl sites for hydroxylation is 1. The summed E-state index contributed by atoms with van der Waals surface area (Å²) in [6.45, 7) is 4.62. The minimum absolute atomic E-state index is 0.0114. The number of methoxy groups -OCH3 is 1. The number of rotatable bonds is 10. The average Bonchev–Trinajstić information content (AvgIpc) is 3.00. The van der Waals surface area contributed by atoms with E-state index in [2.05, 4.69) is 0 Å². The van der Waals surface area contributed by atoms with Gasteiger partial charge in [0.15, 0.2) is 6.61 Å². The predicted octanol–water partition coefficient (Wildman–Crippen LogP) is 3.08. The van der Waals surface area contributed by atoms with Crippen LogP contribution in [0.2, 0.25) is 5.02 Å². The van der Waals surface area contributed by atoms with E-state index in [1.807, 2.05) is 18.4 Å². The fourth-order valence-electron chi connectivity index (χ4n) is 3.11. The van der Waals surface area contributed by atoms with E-state index in [1.54, 1.807) is 13.2 Å². The summed E-state index contributed by atoms with van der Waals surface area (Å²) in [4.78, 5) is 24.8. The molecule has 1 aromatic heterocycles. The average molecular weight is 471 g/mol. The lowest BCUT2D eigenvalue weighted by molar-refractivity contribution is 0.0474. The van der Waals surface area contributed by atoms with Crippen molar-refractivity contribution in [3.63, 3.8) is 0 Å². The third kappa shape index (κ3) is 5.74. The molecule has 8 nitrogen and oxygen atoms in total. The van der Waals surface area contributed by atoms with Crippen molar-refractivity contribution >= 4 is 33.4 Å². The zero-order valence-corrected chi connectivity index (χ0v) is 19.8. The lowest BCUT2D eigenvalue weighted by atomic mass is 10.1. The zero-order chi connectivity index (χ0) is 23.3. The molecule has 0 N–H and O–H groups in total. The lowest BCUT2D eigenvalue weighted by Gasteiger charge is -2.13. The van der Waals surface area contributed by atoms with Crippen molar-refractivity contribution in [1.82, 2.24) is 8.87 Å². The monoisotopic (exact) mass is 470 g/mol. The fourth-order valence-corrected chi connectivity index (χ4v) is 4.51. The minimum atomic E-state index is -3.84. The third-order valence-electron chi connectivity index (χ3n) is 4.86. The summed E-state index contributed by atoms with van der Waals surface area (Å²) >= 11 is 5.99. The van der Waals surface area contributed by atoms with Gasteiger partial charge in [-0.25, -0.2) is 17.5 Å². The number of aromatic nitrogens is 1. The molecule has 1 heterocycles. The number of carbonyl (C=O) groups is 2. The van der Waals surface area contributed by atoms with Gasteiger partial charge in [-0.2, -0.15) is 0 Å². The van der Waals surface area contributed by atoms with Crippen LogP contribution in [-0.2, 0) is 26.0 Å². The van der Waals surface area contributed by atoms with Crippen molar-refractivity contribution in [3.05, 3.63) is 51.8 Å². The Morgan fingerprint density at radius 1 is 1.16 bits per heavy atom. The Morgan fingerprint density at radius 3 is 2.45 bits per heavy atom. The van der Waals surface area contributed by atoms with Crippen molar-refractivity contribution in [3.8, 4) is 0 Å². The fraction of sp³-hybridized carbons (Fsp3) is 0.429. The maximum absolute atomic E-state index is 12.6. The van der Waals surface area contributed by atoms with Crippen molar-refractivity contribution in [2.24, 2.45) is 0 Å². The minimum Gasteiger partial charge on any atom is -0.454 e. The van der Waals surface area contributed by atoms with Crippen LogP contribution in [0, 0.1) is 13.8 Å². The second-order valence-electron chi connectivity index (χ2n) is 7.21. The highest BCUT2D eigenvalue weighted by molar-refractivity contribution is 7.89. The molecule has 2 aromatic rings. The lowest BCUT2D eigenvalue weighted by Crippen LogP contribution is -2.23. The summed E-state index contributed by atoms with van der Waals surface area (Å²) in [6, 6.07) is 5.57. The van der Waals surface area contributed by atoms with Crippen LogP contribution in [0.1, 0.15) is 38.5 Å². The van der Waals surface area contributed by atoms with E-state index in [0.29, 0.717) is 18.7 Å². The number of sulfonamides is 1. The summed E-state index contributed by atoms with van der Waals surface area (Å²) in [5.41, 5.74) is 2.19. The van der Waals surface area contributed by atoms with Crippen molar-refractivity contribution in [1.29, 1.82) is 0 Å². The Morgan fingerprint density at radius 2 is 1.84 bits per heavy atom. The van der Waals surface area contributed by atoms with E-state index in [9.17, 15) is 18.0 Å². The Kier molecular flexibility index (Phi) is 8.41. The molecule has 0 saturated carbocycles. The van der Waals surface area contributed by atoms with Crippen LogP contribution in [0.5, 0.6) is 0 Å². The highest BCUT2D eigenvalue weighted by Crippen LogP contribution is 2.25. The van der Waals surface area contributed by atoms with Gasteiger partial charge in [0.2, 0.25) is 15.8 Å². The number of benzene rings is 1. The number of nitrogens with zero attached hydrogens (tertiary/aromatic N) is 2. The maximum atomic E-state index is 12.6. The molecular weight excluding hydrogens is 444 g/mol. The van der Waals surface area contributed by atoms with Gasteiger partial charge in [-0.1, -0.05) is 11.6 Å². The number of carbonyl (C=O) groups excluding carboxylic acids is 2. The standard InChI is InChI=1S/C21H27ClN2O6S/c1-14-11-17(15(2)24(14)9-6-10-29-5)19(25)13-30-21(26)16-7-8-18(22)20(12-16)31(27,28)23(3)4/h7-8,11-12H,6,9-10,13H2,1-5H3. The molecule has 0 fully saturated rings. The number of Topliss-reactive ketones (excluding diaryl/α,β-unsaturated/α-hetero) is 1. The van der Waals surface area contributed by atoms with E-state index < -0.39 is 22.6 Å². The van der Waals surface area contributed by atoms with Gasteiger partial charge < -0.3 is 14.0 Å². The van der Waals surface area contributed by atoms with E-state index in [4.69, 9.17) is 21.1 Å². The Labute approximate surface area is 187 Å². The number of hydrogen-bond donors (Lipinski definition) is 0. The highest BCUT2D eigenvalue weighted by Gasteiger charge is 2.23. The van der Waals surface area contributed by atoms with E-state index >= 15 is 0 Å². The van der Waals surface area contributed by atoms with E-state index in [0.717, 1.165) is 28.2 Å². The van der Waals surface area contributed by atoms with Crippen LogP contribution >= 0.6 is 11.6 Å². The molecule has 0 atom stereocenters. The number of ether oxygens (including phenoxy) is 2. The van der Waals surface area contributed by atoms with Crippen LogP contribution in [-0.4, -0.2) is 63.5 Å². The van der Waals surface area contributed by atoms with Crippen LogP contribution in [0.15, 0.2) is 29.2 Å². The van der Waals surface area contributed by atoms with Gasteiger partial charge in [-0.3, -0.25) is 4.79 Å². The van der Waals surface area contributed by atoms with Crippen LogP contribution in [0.25, 0.3) is 0 Å².